The Hall–Kier alpha value is -0.950. The van der Waals surface area contributed by atoms with Gasteiger partial charge in [-0.1, -0.05) is 19.9 Å². The Bertz CT molecular complexity index is 707. The molecule has 0 aromatic carbocycles. The molecule has 0 spiro atoms. The second kappa shape index (κ2) is 7.04. The van der Waals surface area contributed by atoms with Crippen molar-refractivity contribution in [2.45, 2.75) is 64.6 Å². The Labute approximate surface area is 173 Å². The Kier molecular flexibility index (Phi) is 4.85. The predicted molar refractivity (Wildman–Crippen MR) is 108 cm³/mol. The molecule has 3 saturated carbocycles. The number of rotatable bonds is 4. The Morgan fingerprint density at radius 3 is 2.69 bits per heavy atom. The zero-order valence-corrected chi connectivity index (χ0v) is 17.7. The number of hydrogen-bond acceptors (Lipinski definition) is 6. The normalized spacial score (nSPS) is 49.5. The molecule has 4 fully saturated rings. The minimum atomic E-state index is -0.550. The molecule has 6 heteroatoms. The zero-order valence-electron chi connectivity index (χ0n) is 17.7. The minimum absolute atomic E-state index is 0.0147. The van der Waals surface area contributed by atoms with E-state index in [0.717, 1.165) is 50.9 Å². The fraction of sp³-hybridized carbons (Fsp3) is 0.870. The first-order chi connectivity index (χ1) is 13.9. The van der Waals surface area contributed by atoms with Crippen LogP contribution in [-0.4, -0.2) is 47.9 Å². The maximum absolute atomic E-state index is 12.7. The summed E-state index contributed by atoms with van der Waals surface area (Å²) in [5, 5.41) is 25.0. The Morgan fingerprint density at radius 1 is 1.21 bits per heavy atom. The summed E-state index contributed by atoms with van der Waals surface area (Å²) in [6.45, 7) is 6.24. The number of aliphatic hydroxyl groups is 2. The number of carbonyl (C=O) groups excluding carboxylic acids is 1. The predicted octanol–water partition coefficient (Wildman–Crippen LogP) is 1.77. The van der Waals surface area contributed by atoms with E-state index in [-0.39, 0.29) is 47.2 Å². The summed E-state index contributed by atoms with van der Waals surface area (Å²) >= 11 is 0. The van der Waals surface area contributed by atoms with Crippen LogP contribution in [0.2, 0.25) is 0 Å². The summed E-state index contributed by atoms with van der Waals surface area (Å²) in [6, 6.07) is 0. The summed E-state index contributed by atoms with van der Waals surface area (Å²) in [5.41, 5.74) is 4.03. The van der Waals surface area contributed by atoms with Crippen LogP contribution in [0.15, 0.2) is 11.8 Å². The highest BCUT2D eigenvalue weighted by atomic mass is 16.7. The monoisotopic (exact) mass is 404 g/mol. The van der Waals surface area contributed by atoms with Gasteiger partial charge in [-0.25, -0.2) is 0 Å². The Morgan fingerprint density at radius 2 is 2.00 bits per heavy atom. The van der Waals surface area contributed by atoms with Gasteiger partial charge in [-0.05, 0) is 61.2 Å². The largest absolute Gasteiger partial charge is 0.396 e. The third-order valence-corrected chi connectivity index (χ3v) is 9.57. The molecule has 5 rings (SSSR count). The van der Waals surface area contributed by atoms with Gasteiger partial charge in [0.15, 0.2) is 0 Å². The van der Waals surface area contributed by atoms with Crippen LogP contribution in [0.4, 0.5) is 0 Å². The van der Waals surface area contributed by atoms with Crippen molar-refractivity contribution >= 4 is 5.78 Å². The molecule has 0 aromatic heterocycles. The van der Waals surface area contributed by atoms with E-state index in [2.05, 4.69) is 30.7 Å². The molecule has 1 aliphatic heterocycles. The zero-order chi connectivity index (χ0) is 20.4. The molecule has 6 nitrogen and oxygen atoms in total. The van der Waals surface area contributed by atoms with Gasteiger partial charge >= 0.3 is 0 Å². The van der Waals surface area contributed by atoms with Crippen LogP contribution in [-0.2, 0) is 9.63 Å². The minimum Gasteiger partial charge on any atom is -0.396 e. The van der Waals surface area contributed by atoms with Gasteiger partial charge in [0.25, 0.3) is 0 Å². The van der Waals surface area contributed by atoms with Crippen LogP contribution in [0.25, 0.3) is 0 Å². The van der Waals surface area contributed by atoms with Crippen LogP contribution in [0, 0.1) is 40.4 Å². The molecule has 0 bridgehead atoms. The second-order valence-electron chi connectivity index (χ2n) is 10.8. The molecular weight excluding hydrogens is 368 g/mol. The maximum atomic E-state index is 12.7. The lowest BCUT2D eigenvalue weighted by atomic mass is 9.43. The number of aliphatic hydroxyl groups excluding tert-OH is 2. The molecule has 0 radical (unpaired) electrons. The van der Waals surface area contributed by atoms with E-state index < -0.39 is 6.10 Å². The molecule has 4 aliphatic carbocycles. The van der Waals surface area contributed by atoms with Gasteiger partial charge in [-0.2, -0.15) is 0 Å². The highest BCUT2D eigenvalue weighted by Gasteiger charge is 2.64. The first-order valence-corrected chi connectivity index (χ1v) is 11.5. The van der Waals surface area contributed by atoms with E-state index in [9.17, 15) is 15.0 Å². The molecule has 1 unspecified atom stereocenters. The third-order valence-electron chi connectivity index (χ3n) is 9.57. The summed E-state index contributed by atoms with van der Waals surface area (Å²) < 4.78 is 0. The lowest BCUT2D eigenvalue weighted by Gasteiger charge is -2.62. The van der Waals surface area contributed by atoms with Crippen molar-refractivity contribution in [2.75, 3.05) is 19.7 Å². The van der Waals surface area contributed by atoms with Gasteiger partial charge in [0, 0.05) is 43.1 Å². The molecule has 5 aliphatic rings. The summed E-state index contributed by atoms with van der Waals surface area (Å²) in [5.74, 6) is 1.13. The first kappa shape index (κ1) is 20.0. The number of allylic oxidation sites excluding steroid dienone is 2. The van der Waals surface area contributed by atoms with Crippen LogP contribution in [0.1, 0.15) is 52.4 Å². The van der Waals surface area contributed by atoms with Crippen molar-refractivity contribution in [3.05, 3.63) is 11.8 Å². The average Bonchev–Trinajstić information content (AvgIpc) is 2.97. The van der Waals surface area contributed by atoms with Gasteiger partial charge in [0.2, 0.25) is 0 Å². The van der Waals surface area contributed by atoms with Crippen LogP contribution in [0.3, 0.4) is 0 Å². The highest BCUT2D eigenvalue weighted by molar-refractivity contribution is 5.87. The molecule has 1 saturated heterocycles. The van der Waals surface area contributed by atoms with Gasteiger partial charge in [-0.15, -0.1) is 0 Å². The van der Waals surface area contributed by atoms with E-state index in [4.69, 9.17) is 4.84 Å². The fourth-order valence-corrected chi connectivity index (χ4v) is 7.63. The molecule has 29 heavy (non-hydrogen) atoms. The van der Waals surface area contributed by atoms with E-state index in [0.29, 0.717) is 18.1 Å². The topological polar surface area (TPSA) is 90.8 Å². The number of hydroxylamine groups is 1. The van der Waals surface area contributed by atoms with Crippen molar-refractivity contribution in [2.24, 2.45) is 40.4 Å². The van der Waals surface area contributed by atoms with Gasteiger partial charge < -0.3 is 15.5 Å². The highest BCUT2D eigenvalue weighted by Crippen LogP contribution is 2.66. The number of Topliss-reactive ketones (excluding diaryl/α,β-unsaturated/α-hetero) is 1. The van der Waals surface area contributed by atoms with Gasteiger partial charge in [0.05, 0.1) is 6.10 Å². The smallest absolute Gasteiger partial charge is 0.139 e. The second-order valence-corrected chi connectivity index (χ2v) is 10.8. The molecule has 8 atom stereocenters. The van der Waals surface area contributed by atoms with Gasteiger partial charge in [0.1, 0.15) is 11.9 Å². The van der Waals surface area contributed by atoms with Crippen molar-refractivity contribution in [3.63, 3.8) is 0 Å². The number of ketones is 1. The quantitative estimate of drug-likeness (QED) is 0.534. The third kappa shape index (κ3) is 2.86. The standard InChI is InChI=1S/C23H36N2O4/c1-22-7-5-13(25-29-14-10-24-11-14)9-18(22)15(12-26)21(28)20-16-3-4-19(27)23(16,2)8-6-17(20)22/h9,14-18,20-21,24-26,28H,3-8,10-12H2,1-2H3/t15-,16+,17+,18?,20+,21-,22-,23+/m1/s1. The lowest BCUT2D eigenvalue weighted by molar-refractivity contribution is -0.181. The van der Waals surface area contributed by atoms with E-state index in [1.54, 1.807) is 0 Å². The molecular formula is C23H36N2O4. The molecule has 162 valence electrons. The summed E-state index contributed by atoms with van der Waals surface area (Å²) in [7, 11) is 0. The molecule has 4 N–H and O–H groups in total. The van der Waals surface area contributed by atoms with E-state index in [1.165, 1.54) is 0 Å². The van der Waals surface area contributed by atoms with Crippen LogP contribution in [0.5, 0.6) is 0 Å². The number of nitrogens with one attached hydrogen (secondary N) is 2. The molecule has 0 amide bonds. The van der Waals surface area contributed by atoms with Crippen molar-refractivity contribution in [1.82, 2.24) is 10.8 Å². The van der Waals surface area contributed by atoms with Crippen LogP contribution >= 0.6 is 0 Å². The number of hydrogen-bond donors (Lipinski definition) is 4. The first-order valence-electron chi connectivity index (χ1n) is 11.5. The lowest BCUT2D eigenvalue weighted by Crippen LogP contribution is -2.61. The molecule has 1 heterocycles. The summed E-state index contributed by atoms with van der Waals surface area (Å²) in [4.78, 5) is 18.4. The SMILES string of the molecule is C[C@]12CCC(NOC3CNC3)=CC1[C@@H](CO)[C@@H](O)[C@@H]1[C@@H]2CC[C@]2(C)C(=O)CC[C@@H]12. The Balaban J connectivity index is 1.43. The average molecular weight is 405 g/mol. The van der Waals surface area contributed by atoms with Crippen molar-refractivity contribution < 1.29 is 19.8 Å². The van der Waals surface area contributed by atoms with E-state index in [1.807, 2.05) is 0 Å². The van der Waals surface area contributed by atoms with E-state index >= 15 is 0 Å². The number of carbonyl (C=O) groups is 1. The summed E-state index contributed by atoms with van der Waals surface area (Å²) in [6.07, 6.45) is 7.39. The van der Waals surface area contributed by atoms with Gasteiger partial charge in [-0.3, -0.25) is 15.1 Å². The fourth-order valence-electron chi connectivity index (χ4n) is 7.63. The van der Waals surface area contributed by atoms with Crippen molar-refractivity contribution in [1.29, 1.82) is 0 Å². The van der Waals surface area contributed by atoms with Crippen molar-refractivity contribution in [3.8, 4) is 0 Å². The van der Waals surface area contributed by atoms with Crippen LogP contribution < -0.4 is 10.8 Å². The maximum Gasteiger partial charge on any atom is 0.139 e. The number of fused-ring (bicyclic) bond motifs is 5. The molecule has 0 aromatic rings.